The molecule has 3 rings (SSSR count). The van der Waals surface area contributed by atoms with Crippen LogP contribution in [0.3, 0.4) is 0 Å². The summed E-state index contributed by atoms with van der Waals surface area (Å²) < 4.78 is 11.2. The maximum Gasteiger partial charge on any atom is 0.252 e. The summed E-state index contributed by atoms with van der Waals surface area (Å²) in [6.45, 7) is 1.58. The molecule has 0 radical (unpaired) electrons. The zero-order valence-electron chi connectivity index (χ0n) is 13.0. The minimum atomic E-state index is -0.381. The number of aromatic nitrogens is 2. The van der Waals surface area contributed by atoms with Gasteiger partial charge in [-0.1, -0.05) is 6.07 Å². The van der Waals surface area contributed by atoms with Crippen molar-refractivity contribution < 1.29 is 14.3 Å². The Balaban J connectivity index is 1.60. The molecule has 2 heterocycles. The number of nitrogen functional groups attached to an aromatic ring is 1. The summed E-state index contributed by atoms with van der Waals surface area (Å²) in [6, 6.07) is 6.72. The number of aromatic amines is 1. The maximum absolute atomic E-state index is 12.0. The fourth-order valence-corrected chi connectivity index (χ4v) is 2.35. The Morgan fingerprint density at radius 2 is 2.04 bits per heavy atom. The highest BCUT2D eigenvalue weighted by molar-refractivity contribution is 5.77. The van der Waals surface area contributed by atoms with Gasteiger partial charge >= 0.3 is 0 Å². The predicted octanol–water partition coefficient (Wildman–Crippen LogP) is 0.372. The molecule has 4 N–H and O–H groups in total. The molecule has 0 spiro atoms. The molecule has 8 heteroatoms. The molecule has 0 fully saturated rings. The third-order valence-corrected chi connectivity index (χ3v) is 3.44. The number of fused-ring (bicyclic) bond motifs is 1. The Bertz CT molecular complexity index is 803. The molecular formula is C16H18N4O4. The van der Waals surface area contributed by atoms with Gasteiger partial charge in [0.25, 0.3) is 5.56 Å². The van der Waals surface area contributed by atoms with Crippen molar-refractivity contribution in [3.8, 4) is 11.5 Å². The maximum atomic E-state index is 12.0. The quantitative estimate of drug-likeness (QED) is 0.745. The standard InChI is InChI=1S/C16H18N4O4/c17-13-7-16(22)20-14(19-13)8-15(21)18-9-10-2-3-11-12(6-10)24-5-1-4-23-11/h2-3,6-7H,1,4-5,8-9H2,(H,18,21)(H3,17,19,20,22). The Hall–Kier alpha value is -3.03. The lowest BCUT2D eigenvalue weighted by Gasteiger charge is -2.10. The van der Waals surface area contributed by atoms with Gasteiger partial charge in [-0.05, 0) is 17.7 Å². The van der Waals surface area contributed by atoms with E-state index in [4.69, 9.17) is 15.2 Å². The van der Waals surface area contributed by atoms with Gasteiger partial charge in [-0.3, -0.25) is 9.59 Å². The molecule has 0 unspecified atom stereocenters. The van der Waals surface area contributed by atoms with E-state index in [0.717, 1.165) is 12.0 Å². The second-order valence-electron chi connectivity index (χ2n) is 5.40. The van der Waals surface area contributed by atoms with E-state index in [1.54, 1.807) is 0 Å². The molecule has 1 aromatic carbocycles. The van der Waals surface area contributed by atoms with E-state index < -0.39 is 0 Å². The first-order chi connectivity index (χ1) is 11.6. The van der Waals surface area contributed by atoms with Crippen LogP contribution in [0.2, 0.25) is 0 Å². The third kappa shape index (κ3) is 4.03. The summed E-state index contributed by atoms with van der Waals surface area (Å²) in [7, 11) is 0. The monoisotopic (exact) mass is 330 g/mol. The summed E-state index contributed by atoms with van der Waals surface area (Å²) in [6.07, 6.45) is 0.789. The number of amides is 1. The Morgan fingerprint density at radius 3 is 2.83 bits per heavy atom. The van der Waals surface area contributed by atoms with Gasteiger partial charge in [0.05, 0.1) is 19.6 Å². The summed E-state index contributed by atoms with van der Waals surface area (Å²) in [4.78, 5) is 29.7. The van der Waals surface area contributed by atoms with Crippen LogP contribution in [0.4, 0.5) is 5.82 Å². The Kier molecular flexibility index (Phi) is 4.64. The van der Waals surface area contributed by atoms with Crippen LogP contribution >= 0.6 is 0 Å². The van der Waals surface area contributed by atoms with Crippen LogP contribution < -0.4 is 26.1 Å². The molecule has 0 saturated carbocycles. The molecule has 126 valence electrons. The number of H-pyrrole nitrogens is 1. The lowest BCUT2D eigenvalue weighted by atomic mass is 10.2. The number of nitrogens with one attached hydrogen (secondary N) is 2. The number of nitrogens with zero attached hydrogens (tertiary/aromatic N) is 1. The summed E-state index contributed by atoms with van der Waals surface area (Å²) in [5.74, 6) is 1.45. The van der Waals surface area contributed by atoms with Crippen LogP contribution in [0.5, 0.6) is 11.5 Å². The lowest BCUT2D eigenvalue weighted by Crippen LogP contribution is -2.26. The molecule has 1 aliphatic heterocycles. The first-order valence-electron chi connectivity index (χ1n) is 7.61. The number of benzene rings is 1. The van der Waals surface area contributed by atoms with Crippen LogP contribution in [0.1, 0.15) is 17.8 Å². The molecular weight excluding hydrogens is 312 g/mol. The van der Waals surface area contributed by atoms with Gasteiger partial charge in [0.15, 0.2) is 11.5 Å². The molecule has 0 bridgehead atoms. The second-order valence-corrected chi connectivity index (χ2v) is 5.40. The Morgan fingerprint density at radius 1 is 1.25 bits per heavy atom. The van der Waals surface area contributed by atoms with E-state index in [9.17, 15) is 9.59 Å². The van der Waals surface area contributed by atoms with Crippen LogP contribution in [0, 0.1) is 0 Å². The molecule has 2 aromatic rings. The molecule has 1 aliphatic rings. The van der Waals surface area contributed by atoms with Gasteiger partial charge < -0.3 is 25.5 Å². The van der Waals surface area contributed by atoms with Gasteiger partial charge in [-0.15, -0.1) is 0 Å². The lowest BCUT2D eigenvalue weighted by molar-refractivity contribution is -0.120. The van der Waals surface area contributed by atoms with Gasteiger partial charge in [0.1, 0.15) is 11.6 Å². The first kappa shape index (κ1) is 15.9. The fourth-order valence-electron chi connectivity index (χ4n) is 2.35. The normalized spacial score (nSPS) is 13.2. The van der Waals surface area contributed by atoms with Gasteiger partial charge in [-0.25, -0.2) is 4.98 Å². The summed E-state index contributed by atoms with van der Waals surface area (Å²) >= 11 is 0. The smallest absolute Gasteiger partial charge is 0.252 e. The minimum Gasteiger partial charge on any atom is -0.490 e. The van der Waals surface area contributed by atoms with Crippen molar-refractivity contribution in [3.05, 3.63) is 46.0 Å². The summed E-state index contributed by atoms with van der Waals surface area (Å²) in [5, 5.41) is 2.77. The number of ether oxygens (including phenoxy) is 2. The number of carbonyl (C=O) groups excluding carboxylic acids is 1. The van der Waals surface area contributed by atoms with Crippen molar-refractivity contribution >= 4 is 11.7 Å². The average Bonchev–Trinajstić information content (AvgIpc) is 2.76. The van der Waals surface area contributed by atoms with E-state index in [2.05, 4.69) is 15.3 Å². The van der Waals surface area contributed by atoms with E-state index in [1.807, 2.05) is 18.2 Å². The Labute approximate surface area is 138 Å². The zero-order valence-corrected chi connectivity index (χ0v) is 13.0. The van der Waals surface area contributed by atoms with Crippen molar-refractivity contribution in [2.45, 2.75) is 19.4 Å². The van der Waals surface area contributed by atoms with Gasteiger partial charge in [0.2, 0.25) is 5.91 Å². The number of carbonyl (C=O) groups is 1. The molecule has 0 atom stereocenters. The molecule has 8 nitrogen and oxygen atoms in total. The molecule has 1 aromatic heterocycles. The topological polar surface area (TPSA) is 119 Å². The number of hydrogen-bond donors (Lipinski definition) is 3. The van der Waals surface area contributed by atoms with E-state index >= 15 is 0 Å². The number of rotatable bonds is 4. The highest BCUT2D eigenvalue weighted by Crippen LogP contribution is 2.30. The van der Waals surface area contributed by atoms with Crippen LogP contribution in [-0.2, 0) is 17.8 Å². The van der Waals surface area contributed by atoms with Crippen LogP contribution in [0.15, 0.2) is 29.1 Å². The highest BCUT2D eigenvalue weighted by atomic mass is 16.5. The van der Waals surface area contributed by atoms with E-state index in [-0.39, 0.29) is 29.5 Å². The largest absolute Gasteiger partial charge is 0.490 e. The van der Waals surface area contributed by atoms with Gasteiger partial charge in [0, 0.05) is 19.0 Å². The van der Waals surface area contributed by atoms with Crippen molar-refractivity contribution in [1.82, 2.24) is 15.3 Å². The predicted molar refractivity (Wildman–Crippen MR) is 86.9 cm³/mol. The number of anilines is 1. The van der Waals surface area contributed by atoms with Crippen molar-refractivity contribution in [3.63, 3.8) is 0 Å². The molecule has 24 heavy (non-hydrogen) atoms. The van der Waals surface area contributed by atoms with E-state index in [1.165, 1.54) is 6.07 Å². The van der Waals surface area contributed by atoms with Crippen molar-refractivity contribution in [2.75, 3.05) is 18.9 Å². The third-order valence-electron chi connectivity index (χ3n) is 3.44. The zero-order chi connectivity index (χ0) is 16.9. The van der Waals surface area contributed by atoms with Crippen LogP contribution in [-0.4, -0.2) is 29.1 Å². The van der Waals surface area contributed by atoms with Crippen molar-refractivity contribution in [1.29, 1.82) is 0 Å². The molecule has 0 saturated heterocycles. The molecule has 1 amide bonds. The minimum absolute atomic E-state index is 0.0508. The number of nitrogens with two attached hydrogens (primary N) is 1. The fraction of sp³-hybridized carbons (Fsp3) is 0.312. The van der Waals surface area contributed by atoms with E-state index in [0.29, 0.717) is 31.3 Å². The second kappa shape index (κ2) is 7.03. The highest BCUT2D eigenvalue weighted by Gasteiger charge is 2.11. The first-order valence-corrected chi connectivity index (χ1v) is 7.61. The summed E-state index contributed by atoms with van der Waals surface area (Å²) in [5.41, 5.74) is 6.00. The molecule has 0 aliphatic carbocycles. The average molecular weight is 330 g/mol. The number of hydrogen-bond acceptors (Lipinski definition) is 6. The SMILES string of the molecule is Nc1cc(=O)[nH]c(CC(=O)NCc2ccc3c(c2)OCCCO3)n1. The van der Waals surface area contributed by atoms with Gasteiger partial charge in [-0.2, -0.15) is 0 Å². The van der Waals surface area contributed by atoms with Crippen molar-refractivity contribution in [2.24, 2.45) is 0 Å². The van der Waals surface area contributed by atoms with Crippen LogP contribution in [0.25, 0.3) is 0 Å².